The maximum Gasteiger partial charge on any atom is 0.222 e. The third kappa shape index (κ3) is 2.53. The van der Waals surface area contributed by atoms with E-state index in [0.717, 1.165) is 19.3 Å². The van der Waals surface area contributed by atoms with E-state index in [2.05, 4.69) is 30.1 Å². The highest BCUT2D eigenvalue weighted by molar-refractivity contribution is 7.99. The molecule has 2 atom stereocenters. The summed E-state index contributed by atoms with van der Waals surface area (Å²) >= 11 is 1.79. The van der Waals surface area contributed by atoms with Crippen molar-refractivity contribution in [2.45, 2.75) is 53.9 Å². The van der Waals surface area contributed by atoms with Crippen LogP contribution in [0.25, 0.3) is 0 Å². The van der Waals surface area contributed by atoms with E-state index in [9.17, 15) is 4.79 Å². The van der Waals surface area contributed by atoms with Gasteiger partial charge in [0.1, 0.15) is 0 Å². The molecular weight excluding hydrogens is 316 g/mol. The second-order valence-electron chi connectivity index (χ2n) is 7.08. The predicted octanol–water partition coefficient (Wildman–Crippen LogP) is 4.06. The summed E-state index contributed by atoms with van der Waals surface area (Å²) in [5.74, 6) is 0.297. The smallest absolute Gasteiger partial charge is 0.222 e. The molecule has 1 aromatic carbocycles. The molecule has 3 nitrogen and oxygen atoms in total. The van der Waals surface area contributed by atoms with Gasteiger partial charge in [0, 0.05) is 47.1 Å². The van der Waals surface area contributed by atoms with Gasteiger partial charge in [-0.1, -0.05) is 24.8 Å². The molecule has 1 fully saturated rings. The first kappa shape index (κ1) is 15.7. The van der Waals surface area contributed by atoms with Crippen LogP contribution in [0, 0.1) is 0 Å². The Morgan fingerprint density at radius 3 is 2.75 bits per heavy atom. The quantitative estimate of drug-likeness (QED) is 0.828. The molecule has 0 spiro atoms. The van der Waals surface area contributed by atoms with Gasteiger partial charge in [0.05, 0.1) is 0 Å². The summed E-state index contributed by atoms with van der Waals surface area (Å²) in [6.45, 7) is 2.34. The van der Waals surface area contributed by atoms with E-state index >= 15 is 0 Å². The highest BCUT2D eigenvalue weighted by Gasteiger charge is 2.46. The van der Waals surface area contributed by atoms with Crippen molar-refractivity contribution in [1.82, 2.24) is 9.88 Å². The van der Waals surface area contributed by atoms with Crippen LogP contribution in [-0.4, -0.2) is 28.9 Å². The molecule has 2 aliphatic rings. The number of carbonyl (C=O) groups excluding carboxylic acids is 1. The van der Waals surface area contributed by atoms with Crippen molar-refractivity contribution in [3.8, 4) is 0 Å². The fourth-order valence-electron chi connectivity index (χ4n) is 4.37. The molecule has 124 valence electrons. The number of carbonyl (C=O) groups is 1. The van der Waals surface area contributed by atoms with Crippen LogP contribution in [0.2, 0.25) is 0 Å². The number of rotatable bonds is 2. The van der Waals surface area contributed by atoms with E-state index in [4.69, 9.17) is 0 Å². The number of amides is 1. The summed E-state index contributed by atoms with van der Waals surface area (Å²) in [5, 5.41) is 0. The third-order valence-corrected chi connectivity index (χ3v) is 6.72. The molecule has 2 heterocycles. The van der Waals surface area contributed by atoms with E-state index in [1.54, 1.807) is 11.8 Å². The average Bonchev–Trinajstić information content (AvgIpc) is 2.59. The lowest BCUT2D eigenvalue weighted by molar-refractivity contribution is -0.138. The maximum atomic E-state index is 12.1. The van der Waals surface area contributed by atoms with E-state index in [1.165, 1.54) is 20.9 Å². The normalized spacial score (nSPS) is 26.0. The molecule has 0 saturated carbocycles. The zero-order chi connectivity index (χ0) is 16.7. The van der Waals surface area contributed by atoms with Crippen LogP contribution in [0.3, 0.4) is 0 Å². The molecule has 1 saturated heterocycles. The lowest BCUT2D eigenvalue weighted by atomic mass is 9.63. The SMILES string of the molecule is CN1C(=O)CC[C@]2(C)c3ccc(Sc4ccncc4)cc3CCC12. The second-order valence-corrected chi connectivity index (χ2v) is 8.23. The van der Waals surface area contributed by atoms with E-state index < -0.39 is 0 Å². The fraction of sp³-hybridized carbons (Fsp3) is 0.400. The van der Waals surface area contributed by atoms with Gasteiger partial charge in [-0.2, -0.15) is 0 Å². The Balaban J connectivity index is 1.66. The maximum absolute atomic E-state index is 12.1. The minimum Gasteiger partial charge on any atom is -0.342 e. The summed E-state index contributed by atoms with van der Waals surface area (Å²) in [6, 6.07) is 11.3. The van der Waals surface area contributed by atoms with Crippen molar-refractivity contribution in [2.75, 3.05) is 7.05 Å². The first-order valence-electron chi connectivity index (χ1n) is 8.55. The van der Waals surface area contributed by atoms with Gasteiger partial charge in [-0.25, -0.2) is 0 Å². The van der Waals surface area contributed by atoms with Crippen LogP contribution in [0.1, 0.15) is 37.3 Å². The van der Waals surface area contributed by atoms with Gasteiger partial charge in [-0.05, 0) is 54.7 Å². The molecule has 1 unspecified atom stereocenters. The summed E-state index contributed by atoms with van der Waals surface area (Å²) in [4.78, 5) is 20.6. The lowest BCUT2D eigenvalue weighted by Gasteiger charge is -2.50. The number of hydrogen-bond acceptors (Lipinski definition) is 3. The molecular formula is C20H22N2OS. The topological polar surface area (TPSA) is 33.2 Å². The van der Waals surface area contributed by atoms with Gasteiger partial charge >= 0.3 is 0 Å². The van der Waals surface area contributed by atoms with E-state index in [1.807, 2.05) is 36.5 Å². The highest BCUT2D eigenvalue weighted by Crippen LogP contribution is 2.46. The molecule has 4 rings (SSSR count). The third-order valence-electron chi connectivity index (χ3n) is 5.72. The Bertz CT molecular complexity index is 776. The molecule has 1 amide bonds. The first-order chi connectivity index (χ1) is 11.6. The van der Waals surface area contributed by atoms with Crippen molar-refractivity contribution >= 4 is 17.7 Å². The molecule has 24 heavy (non-hydrogen) atoms. The Labute approximate surface area is 147 Å². The number of likely N-dealkylation sites (tertiary alicyclic amines) is 1. The largest absolute Gasteiger partial charge is 0.342 e. The van der Waals surface area contributed by atoms with Crippen LogP contribution < -0.4 is 0 Å². The van der Waals surface area contributed by atoms with Crippen LogP contribution in [-0.2, 0) is 16.6 Å². The Kier molecular flexibility index (Phi) is 3.87. The molecule has 2 aromatic rings. The molecule has 0 bridgehead atoms. The number of likely N-dealkylation sites (N-methyl/N-ethyl adjacent to an activating group) is 1. The standard InChI is InChI=1S/C20H22N2OS/c1-20-10-7-19(23)22(2)18(20)6-3-14-13-16(4-5-17(14)20)24-15-8-11-21-12-9-15/h4-5,8-9,11-13,18H,3,6-7,10H2,1-2H3/t18?,20-/m1/s1. The Morgan fingerprint density at radius 2 is 1.96 bits per heavy atom. The highest BCUT2D eigenvalue weighted by atomic mass is 32.2. The summed E-state index contributed by atoms with van der Waals surface area (Å²) < 4.78 is 0. The summed E-state index contributed by atoms with van der Waals surface area (Å²) in [6.07, 6.45) is 7.41. The molecule has 4 heteroatoms. The molecule has 1 aliphatic heterocycles. The Hall–Kier alpha value is -1.81. The van der Waals surface area contributed by atoms with Crippen LogP contribution in [0.5, 0.6) is 0 Å². The number of hydrogen-bond donors (Lipinski definition) is 0. The van der Waals surface area contributed by atoms with Gasteiger partial charge in [0.15, 0.2) is 0 Å². The Morgan fingerprint density at radius 1 is 1.17 bits per heavy atom. The van der Waals surface area contributed by atoms with E-state index in [0.29, 0.717) is 18.4 Å². The molecule has 0 radical (unpaired) electrons. The zero-order valence-corrected chi connectivity index (χ0v) is 15.0. The monoisotopic (exact) mass is 338 g/mol. The fourth-order valence-corrected chi connectivity index (χ4v) is 5.24. The number of aryl methyl sites for hydroxylation is 1. The minimum absolute atomic E-state index is 0.0934. The van der Waals surface area contributed by atoms with Gasteiger partial charge < -0.3 is 4.90 Å². The van der Waals surface area contributed by atoms with Crippen LogP contribution in [0.4, 0.5) is 0 Å². The van der Waals surface area contributed by atoms with Crippen molar-refractivity contribution in [2.24, 2.45) is 0 Å². The van der Waals surface area contributed by atoms with Gasteiger partial charge in [-0.3, -0.25) is 9.78 Å². The molecule has 0 N–H and O–H groups in total. The second kappa shape index (κ2) is 5.92. The van der Waals surface area contributed by atoms with Crippen molar-refractivity contribution in [1.29, 1.82) is 0 Å². The number of aromatic nitrogens is 1. The predicted molar refractivity (Wildman–Crippen MR) is 96.3 cm³/mol. The number of fused-ring (bicyclic) bond motifs is 3. The van der Waals surface area contributed by atoms with Crippen molar-refractivity contribution in [3.05, 3.63) is 53.9 Å². The van der Waals surface area contributed by atoms with E-state index in [-0.39, 0.29) is 5.41 Å². The first-order valence-corrected chi connectivity index (χ1v) is 9.36. The minimum atomic E-state index is 0.0934. The van der Waals surface area contributed by atoms with Crippen molar-refractivity contribution < 1.29 is 4.79 Å². The lowest BCUT2D eigenvalue weighted by Crippen LogP contribution is -2.56. The molecule has 1 aromatic heterocycles. The number of benzene rings is 1. The van der Waals surface area contributed by atoms with Gasteiger partial charge in [0.25, 0.3) is 0 Å². The van der Waals surface area contributed by atoms with Gasteiger partial charge in [0.2, 0.25) is 5.91 Å². The zero-order valence-electron chi connectivity index (χ0n) is 14.2. The van der Waals surface area contributed by atoms with Crippen LogP contribution >= 0.6 is 11.8 Å². The average molecular weight is 338 g/mol. The number of nitrogens with zero attached hydrogens (tertiary/aromatic N) is 2. The van der Waals surface area contributed by atoms with Crippen molar-refractivity contribution in [3.63, 3.8) is 0 Å². The van der Waals surface area contributed by atoms with Gasteiger partial charge in [-0.15, -0.1) is 0 Å². The number of piperidine rings is 1. The number of pyridine rings is 1. The summed E-state index contributed by atoms with van der Waals surface area (Å²) in [5.41, 5.74) is 2.99. The molecule has 1 aliphatic carbocycles. The summed E-state index contributed by atoms with van der Waals surface area (Å²) in [7, 11) is 1.98. The van der Waals surface area contributed by atoms with Crippen LogP contribution in [0.15, 0.2) is 52.5 Å².